The monoisotopic (exact) mass is 390 g/mol. The fourth-order valence-corrected chi connectivity index (χ4v) is 4.01. The molecule has 0 radical (unpaired) electrons. The highest BCUT2D eigenvalue weighted by Gasteiger charge is 2.28. The van der Waals surface area contributed by atoms with Crippen LogP contribution in [0.1, 0.15) is 18.1 Å². The van der Waals surface area contributed by atoms with Crippen LogP contribution in [0.4, 0.5) is 5.69 Å². The van der Waals surface area contributed by atoms with Crippen molar-refractivity contribution in [3.63, 3.8) is 0 Å². The molecule has 2 rings (SSSR count). The molecule has 0 spiro atoms. The first-order valence-electron chi connectivity index (χ1n) is 8.69. The second kappa shape index (κ2) is 8.90. The van der Waals surface area contributed by atoms with E-state index in [-0.39, 0.29) is 5.91 Å². The fourth-order valence-electron chi connectivity index (χ4n) is 2.84. The number of aryl methyl sites for hydroxylation is 1. The lowest BCUT2D eigenvalue weighted by atomic mass is 10.1. The maximum absolute atomic E-state index is 12.5. The molecular weight excluding hydrogens is 364 g/mol. The number of anilines is 1. The van der Waals surface area contributed by atoms with Crippen LogP contribution in [0.5, 0.6) is 5.75 Å². The SMILES string of the molecule is COc1ccc(CCNC(=O)C(C)N(c2cccc(C)c2)S(C)(=O)=O)cc1. The molecule has 1 atom stereocenters. The fraction of sp³-hybridized carbons (Fsp3) is 0.350. The highest BCUT2D eigenvalue weighted by atomic mass is 32.2. The summed E-state index contributed by atoms with van der Waals surface area (Å²) in [6, 6.07) is 13.8. The predicted octanol–water partition coefficient (Wildman–Crippen LogP) is 2.52. The number of ether oxygens (including phenoxy) is 1. The highest BCUT2D eigenvalue weighted by Crippen LogP contribution is 2.22. The van der Waals surface area contributed by atoms with Gasteiger partial charge in [-0.05, 0) is 55.7 Å². The van der Waals surface area contributed by atoms with Crippen molar-refractivity contribution < 1.29 is 17.9 Å². The molecule has 1 unspecified atom stereocenters. The van der Waals surface area contributed by atoms with Gasteiger partial charge in [-0.15, -0.1) is 0 Å². The first-order valence-corrected chi connectivity index (χ1v) is 10.5. The van der Waals surface area contributed by atoms with Crippen LogP contribution in [0.3, 0.4) is 0 Å². The summed E-state index contributed by atoms with van der Waals surface area (Å²) in [5.74, 6) is 0.439. The zero-order valence-corrected chi connectivity index (χ0v) is 16.9. The van der Waals surface area contributed by atoms with Gasteiger partial charge in [0, 0.05) is 6.54 Å². The van der Waals surface area contributed by atoms with Gasteiger partial charge in [0.2, 0.25) is 15.9 Å². The number of benzene rings is 2. The molecule has 2 aromatic rings. The van der Waals surface area contributed by atoms with Crippen molar-refractivity contribution in [1.29, 1.82) is 0 Å². The van der Waals surface area contributed by atoms with Crippen molar-refractivity contribution in [1.82, 2.24) is 5.32 Å². The Labute approximate surface area is 161 Å². The number of hydrogen-bond donors (Lipinski definition) is 1. The number of methoxy groups -OCH3 is 1. The molecular formula is C20H26N2O4S. The van der Waals surface area contributed by atoms with Gasteiger partial charge >= 0.3 is 0 Å². The lowest BCUT2D eigenvalue weighted by Crippen LogP contribution is -2.48. The molecule has 2 aromatic carbocycles. The number of nitrogens with zero attached hydrogens (tertiary/aromatic N) is 1. The third kappa shape index (κ3) is 5.72. The third-order valence-electron chi connectivity index (χ3n) is 4.22. The van der Waals surface area contributed by atoms with E-state index in [0.717, 1.165) is 27.4 Å². The standard InChI is InChI=1S/C20H26N2O4S/c1-15-6-5-7-18(14-15)22(27(4,24)25)16(2)20(23)21-13-12-17-8-10-19(26-3)11-9-17/h5-11,14,16H,12-13H2,1-4H3,(H,21,23). The molecule has 0 aliphatic rings. The lowest BCUT2D eigenvalue weighted by Gasteiger charge is -2.28. The second-order valence-electron chi connectivity index (χ2n) is 6.46. The van der Waals surface area contributed by atoms with Crippen LogP contribution in [0.15, 0.2) is 48.5 Å². The Morgan fingerprint density at radius 2 is 1.85 bits per heavy atom. The van der Waals surface area contributed by atoms with E-state index in [4.69, 9.17) is 4.74 Å². The molecule has 7 heteroatoms. The molecule has 0 saturated heterocycles. The number of sulfonamides is 1. The molecule has 27 heavy (non-hydrogen) atoms. The van der Waals surface area contributed by atoms with Crippen LogP contribution in [0.25, 0.3) is 0 Å². The Morgan fingerprint density at radius 3 is 2.41 bits per heavy atom. The van der Waals surface area contributed by atoms with Crippen molar-refractivity contribution in [2.45, 2.75) is 26.3 Å². The smallest absolute Gasteiger partial charge is 0.243 e. The molecule has 1 N–H and O–H groups in total. The second-order valence-corrected chi connectivity index (χ2v) is 8.32. The van der Waals surface area contributed by atoms with Gasteiger partial charge in [0.25, 0.3) is 0 Å². The van der Waals surface area contributed by atoms with Gasteiger partial charge in [-0.25, -0.2) is 8.42 Å². The largest absolute Gasteiger partial charge is 0.497 e. The average Bonchev–Trinajstić information content (AvgIpc) is 2.61. The number of carbonyl (C=O) groups excluding carboxylic acids is 1. The highest BCUT2D eigenvalue weighted by molar-refractivity contribution is 7.92. The van der Waals surface area contributed by atoms with E-state index in [2.05, 4.69) is 5.32 Å². The molecule has 0 aromatic heterocycles. The van der Waals surface area contributed by atoms with Gasteiger partial charge in [-0.2, -0.15) is 0 Å². The van der Waals surface area contributed by atoms with Crippen molar-refractivity contribution in [2.75, 3.05) is 24.2 Å². The third-order valence-corrected chi connectivity index (χ3v) is 5.46. The van der Waals surface area contributed by atoms with Crippen LogP contribution >= 0.6 is 0 Å². The van der Waals surface area contributed by atoms with Crippen LogP contribution < -0.4 is 14.4 Å². The van der Waals surface area contributed by atoms with Crippen molar-refractivity contribution in [3.8, 4) is 5.75 Å². The van der Waals surface area contributed by atoms with Gasteiger partial charge in [0.15, 0.2) is 0 Å². The molecule has 0 aliphatic heterocycles. The van der Waals surface area contributed by atoms with Gasteiger partial charge in [0.05, 0.1) is 19.1 Å². The van der Waals surface area contributed by atoms with E-state index in [0.29, 0.717) is 18.7 Å². The summed E-state index contributed by atoms with van der Waals surface area (Å²) in [5, 5.41) is 2.82. The first kappa shape index (κ1) is 20.8. The van der Waals surface area contributed by atoms with Gasteiger partial charge < -0.3 is 10.1 Å². The van der Waals surface area contributed by atoms with Crippen LogP contribution in [-0.2, 0) is 21.2 Å². The normalized spacial score (nSPS) is 12.3. The summed E-state index contributed by atoms with van der Waals surface area (Å²) in [5.41, 5.74) is 2.46. The van der Waals surface area contributed by atoms with Crippen LogP contribution in [-0.4, -0.2) is 40.3 Å². The van der Waals surface area contributed by atoms with Crippen LogP contribution in [0.2, 0.25) is 0 Å². The number of amides is 1. The maximum atomic E-state index is 12.5. The van der Waals surface area contributed by atoms with Gasteiger partial charge in [0.1, 0.15) is 11.8 Å². The first-order chi connectivity index (χ1) is 12.7. The number of carbonyl (C=O) groups is 1. The Hall–Kier alpha value is -2.54. The van der Waals surface area contributed by atoms with Crippen molar-refractivity contribution >= 4 is 21.6 Å². The summed E-state index contributed by atoms with van der Waals surface area (Å²) >= 11 is 0. The quantitative estimate of drug-likeness (QED) is 0.751. The minimum Gasteiger partial charge on any atom is -0.497 e. The molecule has 146 valence electrons. The molecule has 0 fully saturated rings. The summed E-state index contributed by atoms with van der Waals surface area (Å²) in [7, 11) is -2.00. The topological polar surface area (TPSA) is 75.7 Å². The lowest BCUT2D eigenvalue weighted by molar-refractivity contribution is -0.121. The molecule has 0 heterocycles. The van der Waals surface area contributed by atoms with Crippen molar-refractivity contribution in [3.05, 3.63) is 59.7 Å². The summed E-state index contributed by atoms with van der Waals surface area (Å²) in [6.45, 7) is 3.89. The minimum absolute atomic E-state index is 0.338. The van der Waals surface area contributed by atoms with Gasteiger partial charge in [-0.3, -0.25) is 9.10 Å². The zero-order valence-electron chi connectivity index (χ0n) is 16.1. The number of nitrogens with one attached hydrogen (secondary N) is 1. The van der Waals surface area contributed by atoms with Crippen LogP contribution in [0, 0.1) is 6.92 Å². The summed E-state index contributed by atoms with van der Waals surface area (Å²) < 4.78 is 30.8. The Morgan fingerprint density at radius 1 is 1.19 bits per heavy atom. The predicted molar refractivity (Wildman–Crippen MR) is 108 cm³/mol. The molecule has 1 amide bonds. The van der Waals surface area contributed by atoms with E-state index in [1.165, 1.54) is 0 Å². The molecule has 6 nitrogen and oxygen atoms in total. The minimum atomic E-state index is -3.61. The Kier molecular flexibility index (Phi) is 6.85. The molecule has 0 saturated carbocycles. The Bertz CT molecular complexity index is 879. The Balaban J connectivity index is 2.04. The van der Waals surface area contributed by atoms with E-state index in [1.807, 2.05) is 37.3 Å². The average molecular weight is 391 g/mol. The maximum Gasteiger partial charge on any atom is 0.243 e. The van der Waals surface area contributed by atoms with E-state index in [1.54, 1.807) is 32.2 Å². The van der Waals surface area contributed by atoms with E-state index >= 15 is 0 Å². The number of hydrogen-bond acceptors (Lipinski definition) is 4. The zero-order chi connectivity index (χ0) is 20.0. The van der Waals surface area contributed by atoms with Gasteiger partial charge in [-0.1, -0.05) is 24.3 Å². The van der Waals surface area contributed by atoms with E-state index in [9.17, 15) is 13.2 Å². The molecule has 0 aliphatic carbocycles. The molecule has 0 bridgehead atoms. The number of rotatable bonds is 8. The van der Waals surface area contributed by atoms with Crippen molar-refractivity contribution in [2.24, 2.45) is 0 Å². The summed E-state index contributed by atoms with van der Waals surface area (Å²) in [6.07, 6.45) is 1.75. The van der Waals surface area contributed by atoms with E-state index < -0.39 is 16.1 Å². The summed E-state index contributed by atoms with van der Waals surface area (Å²) in [4.78, 5) is 12.5.